The van der Waals surface area contributed by atoms with Gasteiger partial charge in [0.2, 0.25) is 5.91 Å². The molecule has 0 fully saturated rings. The first-order valence-corrected chi connectivity index (χ1v) is 9.71. The molecule has 138 valence electrons. The second-order valence-electron chi connectivity index (χ2n) is 5.86. The maximum absolute atomic E-state index is 12.7. The molecule has 0 radical (unpaired) electrons. The normalized spacial score (nSPS) is 11.8. The fourth-order valence-electron chi connectivity index (χ4n) is 2.77. The minimum atomic E-state index is -1.08. The zero-order valence-electron chi connectivity index (χ0n) is 14.6. The molecule has 1 unspecified atom stereocenters. The molecule has 1 atom stereocenters. The van der Waals surface area contributed by atoms with Crippen molar-refractivity contribution in [3.63, 3.8) is 0 Å². The molecule has 0 saturated heterocycles. The van der Waals surface area contributed by atoms with Crippen molar-refractivity contribution in [2.24, 2.45) is 0 Å². The average Bonchev–Trinajstić information content (AvgIpc) is 3.14. The van der Waals surface area contributed by atoms with Crippen molar-refractivity contribution in [2.45, 2.75) is 18.8 Å². The summed E-state index contributed by atoms with van der Waals surface area (Å²) in [6, 6.07) is 20.4. The van der Waals surface area contributed by atoms with Gasteiger partial charge in [0.1, 0.15) is 10.4 Å². The van der Waals surface area contributed by atoms with Gasteiger partial charge < -0.3 is 5.11 Å². The van der Waals surface area contributed by atoms with E-state index in [2.05, 4.69) is 0 Å². The highest BCUT2D eigenvalue weighted by atomic mass is 35.5. The van der Waals surface area contributed by atoms with Crippen LogP contribution in [-0.2, 0) is 4.79 Å². The summed E-state index contributed by atoms with van der Waals surface area (Å²) in [6.45, 7) is 1.73. The van der Waals surface area contributed by atoms with Crippen molar-refractivity contribution in [3.8, 4) is 10.4 Å². The summed E-state index contributed by atoms with van der Waals surface area (Å²) < 4.78 is 0. The van der Waals surface area contributed by atoms with Crippen molar-refractivity contribution in [3.05, 3.63) is 77.2 Å². The van der Waals surface area contributed by atoms with Crippen molar-refractivity contribution in [1.82, 2.24) is 0 Å². The molecule has 0 saturated carbocycles. The van der Waals surface area contributed by atoms with Crippen LogP contribution in [-0.4, -0.2) is 17.0 Å². The van der Waals surface area contributed by atoms with Gasteiger partial charge in [0.15, 0.2) is 0 Å². The molecule has 2 aromatic carbocycles. The summed E-state index contributed by atoms with van der Waals surface area (Å²) in [5.41, 5.74) is 1.15. The number of carbonyl (C=O) groups excluding carboxylic acids is 1. The van der Waals surface area contributed by atoms with Crippen molar-refractivity contribution in [1.29, 1.82) is 0 Å². The molecule has 1 N–H and O–H groups in total. The van der Waals surface area contributed by atoms with Gasteiger partial charge in [-0.2, -0.15) is 0 Å². The highest BCUT2D eigenvalue weighted by molar-refractivity contribution is 7.18. The van der Waals surface area contributed by atoms with Crippen LogP contribution in [0.15, 0.2) is 66.7 Å². The van der Waals surface area contributed by atoms with E-state index in [9.17, 15) is 14.7 Å². The van der Waals surface area contributed by atoms with E-state index >= 15 is 0 Å². The topological polar surface area (TPSA) is 57.6 Å². The molecule has 3 rings (SSSR count). The number of hydrogen-bond acceptors (Lipinski definition) is 3. The molecule has 0 aliphatic carbocycles. The minimum Gasteiger partial charge on any atom is -0.477 e. The molecule has 27 heavy (non-hydrogen) atoms. The molecule has 3 aromatic rings. The Kier molecular flexibility index (Phi) is 5.94. The van der Waals surface area contributed by atoms with Crippen LogP contribution in [0.5, 0.6) is 0 Å². The lowest BCUT2D eigenvalue weighted by Gasteiger charge is -2.27. The number of halogens is 1. The van der Waals surface area contributed by atoms with E-state index in [-0.39, 0.29) is 17.2 Å². The SMILES string of the molecule is CCC(=O)N(c1cc(-c2ccccc2)sc1C(=O)O)C(Cl)c1ccccc1. The zero-order chi connectivity index (χ0) is 19.4. The van der Waals surface area contributed by atoms with E-state index in [1.165, 1.54) is 4.90 Å². The second kappa shape index (κ2) is 8.37. The monoisotopic (exact) mass is 399 g/mol. The van der Waals surface area contributed by atoms with Gasteiger partial charge in [0.05, 0.1) is 5.69 Å². The Morgan fingerprint density at radius 3 is 2.22 bits per heavy atom. The van der Waals surface area contributed by atoms with Crippen LogP contribution in [0.1, 0.15) is 34.1 Å². The fourth-order valence-corrected chi connectivity index (χ4v) is 4.13. The molecular formula is C21H18ClNO3S. The maximum atomic E-state index is 12.7. The molecule has 1 heterocycles. The first-order valence-electron chi connectivity index (χ1n) is 8.46. The van der Waals surface area contributed by atoms with E-state index in [1.54, 1.807) is 13.0 Å². The van der Waals surface area contributed by atoms with Crippen LogP contribution in [0.3, 0.4) is 0 Å². The Balaban J connectivity index is 2.13. The minimum absolute atomic E-state index is 0.0947. The van der Waals surface area contributed by atoms with Crippen LogP contribution < -0.4 is 4.90 Å². The summed E-state index contributed by atoms with van der Waals surface area (Å²) in [5.74, 6) is -1.32. The van der Waals surface area contributed by atoms with E-state index in [4.69, 9.17) is 11.6 Å². The average molecular weight is 400 g/mol. The van der Waals surface area contributed by atoms with Crippen molar-refractivity contribution < 1.29 is 14.7 Å². The van der Waals surface area contributed by atoms with Crippen LogP contribution in [0.4, 0.5) is 5.69 Å². The summed E-state index contributed by atoms with van der Waals surface area (Å²) in [5, 5.41) is 9.71. The Hall–Kier alpha value is -2.63. The quantitative estimate of drug-likeness (QED) is 0.421. The number of rotatable bonds is 6. The van der Waals surface area contributed by atoms with E-state index in [0.29, 0.717) is 5.69 Å². The molecule has 6 heteroatoms. The van der Waals surface area contributed by atoms with Gasteiger partial charge in [-0.1, -0.05) is 79.2 Å². The number of hydrogen-bond donors (Lipinski definition) is 1. The van der Waals surface area contributed by atoms with Crippen LogP contribution in [0, 0.1) is 0 Å². The first-order chi connectivity index (χ1) is 13.0. The smallest absolute Gasteiger partial charge is 0.348 e. The summed E-state index contributed by atoms with van der Waals surface area (Å²) in [4.78, 5) is 26.8. The Morgan fingerprint density at radius 2 is 1.67 bits per heavy atom. The number of amides is 1. The lowest BCUT2D eigenvalue weighted by atomic mass is 10.1. The van der Waals surface area contributed by atoms with Gasteiger partial charge in [-0.05, 0) is 17.2 Å². The largest absolute Gasteiger partial charge is 0.477 e. The maximum Gasteiger partial charge on any atom is 0.348 e. The number of carboxylic acid groups (broad SMARTS) is 1. The fraction of sp³-hybridized carbons (Fsp3) is 0.143. The highest BCUT2D eigenvalue weighted by Crippen LogP contribution is 2.41. The molecule has 0 bridgehead atoms. The highest BCUT2D eigenvalue weighted by Gasteiger charge is 2.30. The summed E-state index contributed by atoms with van der Waals surface area (Å²) in [6.07, 6.45) is 0.214. The van der Waals surface area contributed by atoms with Gasteiger partial charge in [0, 0.05) is 11.3 Å². The Bertz CT molecular complexity index is 941. The predicted octanol–water partition coefficient (Wildman–Crippen LogP) is 5.79. The molecule has 0 aliphatic heterocycles. The van der Waals surface area contributed by atoms with Crippen molar-refractivity contribution >= 4 is 40.5 Å². The third-order valence-electron chi connectivity index (χ3n) is 4.10. The number of benzene rings is 2. The predicted molar refractivity (Wildman–Crippen MR) is 110 cm³/mol. The lowest BCUT2D eigenvalue weighted by Crippen LogP contribution is -2.32. The van der Waals surface area contributed by atoms with E-state index in [0.717, 1.165) is 27.3 Å². The summed E-state index contributed by atoms with van der Waals surface area (Å²) >= 11 is 7.77. The van der Waals surface area contributed by atoms with Gasteiger partial charge in [-0.25, -0.2) is 4.79 Å². The molecular weight excluding hydrogens is 382 g/mol. The number of nitrogens with zero attached hydrogens (tertiary/aromatic N) is 1. The molecule has 1 aromatic heterocycles. The second-order valence-corrected chi connectivity index (χ2v) is 7.33. The van der Waals surface area contributed by atoms with E-state index in [1.807, 2.05) is 60.7 Å². The number of aromatic carboxylic acids is 1. The Labute approximate surface area is 166 Å². The van der Waals surface area contributed by atoms with Gasteiger partial charge in [-0.3, -0.25) is 9.69 Å². The number of carbonyl (C=O) groups is 2. The van der Waals surface area contributed by atoms with Gasteiger partial charge in [-0.15, -0.1) is 11.3 Å². The number of thiophene rings is 1. The number of alkyl halides is 1. The van der Waals surface area contributed by atoms with Crippen LogP contribution in [0.2, 0.25) is 0 Å². The summed E-state index contributed by atoms with van der Waals surface area (Å²) in [7, 11) is 0. The first kappa shape index (κ1) is 19.1. The number of carboxylic acids is 1. The van der Waals surface area contributed by atoms with Crippen LogP contribution in [0.25, 0.3) is 10.4 Å². The Morgan fingerprint density at radius 1 is 1.07 bits per heavy atom. The molecule has 0 aliphatic rings. The zero-order valence-corrected chi connectivity index (χ0v) is 16.2. The lowest BCUT2D eigenvalue weighted by molar-refractivity contribution is -0.118. The standard InChI is InChI=1S/C21H18ClNO3S/c1-2-18(24)23(20(22)15-11-7-4-8-12-15)16-13-17(27-19(16)21(25)26)14-9-5-3-6-10-14/h3-13,20H,2H2,1H3,(H,25,26). The molecule has 4 nitrogen and oxygen atoms in total. The molecule has 0 spiro atoms. The van der Waals surface area contributed by atoms with Gasteiger partial charge in [0.25, 0.3) is 0 Å². The molecule has 1 amide bonds. The third-order valence-corrected chi connectivity index (χ3v) is 5.71. The van der Waals surface area contributed by atoms with Crippen molar-refractivity contribution in [2.75, 3.05) is 4.90 Å². The van der Waals surface area contributed by atoms with Gasteiger partial charge >= 0.3 is 5.97 Å². The third kappa shape index (κ3) is 4.04. The van der Waals surface area contributed by atoms with E-state index < -0.39 is 11.5 Å². The number of anilines is 1. The van der Waals surface area contributed by atoms with Crippen LogP contribution >= 0.6 is 22.9 Å².